The first-order chi connectivity index (χ1) is 8.32. The lowest BCUT2D eigenvalue weighted by Gasteiger charge is -2.23. The SMILES string of the molecule is CC(=O)C[C@H](O)CC(=O)N1C(=O)OC[C@@H]1C(C)C. The van der Waals surface area contributed by atoms with E-state index in [4.69, 9.17) is 4.74 Å². The van der Waals surface area contributed by atoms with Gasteiger partial charge in [-0.15, -0.1) is 0 Å². The fourth-order valence-electron chi connectivity index (χ4n) is 1.92. The van der Waals surface area contributed by atoms with E-state index in [1.54, 1.807) is 0 Å². The van der Waals surface area contributed by atoms with E-state index in [9.17, 15) is 19.5 Å². The van der Waals surface area contributed by atoms with Crippen molar-refractivity contribution in [1.82, 2.24) is 4.90 Å². The zero-order chi connectivity index (χ0) is 13.9. The minimum atomic E-state index is -1.05. The Hall–Kier alpha value is -1.43. The van der Waals surface area contributed by atoms with Crippen LogP contribution in [-0.2, 0) is 14.3 Å². The van der Waals surface area contributed by atoms with Gasteiger partial charge in [0, 0.05) is 6.42 Å². The minimum Gasteiger partial charge on any atom is -0.447 e. The molecule has 0 spiro atoms. The largest absolute Gasteiger partial charge is 0.447 e. The normalized spacial score (nSPS) is 21.1. The van der Waals surface area contributed by atoms with E-state index >= 15 is 0 Å². The van der Waals surface area contributed by atoms with Gasteiger partial charge in [0.1, 0.15) is 12.4 Å². The first-order valence-corrected chi connectivity index (χ1v) is 5.99. The number of carbonyl (C=O) groups excluding carboxylic acids is 3. The van der Waals surface area contributed by atoms with Gasteiger partial charge < -0.3 is 9.84 Å². The highest BCUT2D eigenvalue weighted by Gasteiger charge is 2.39. The number of hydrogen-bond donors (Lipinski definition) is 1. The fraction of sp³-hybridized carbons (Fsp3) is 0.750. The molecule has 0 aliphatic carbocycles. The fourth-order valence-corrected chi connectivity index (χ4v) is 1.92. The van der Waals surface area contributed by atoms with E-state index in [0.717, 1.165) is 4.90 Å². The van der Waals surface area contributed by atoms with Gasteiger partial charge in [0.2, 0.25) is 5.91 Å². The Morgan fingerprint density at radius 2 is 2.06 bits per heavy atom. The number of aliphatic hydroxyl groups is 1. The van der Waals surface area contributed by atoms with E-state index in [-0.39, 0.29) is 37.2 Å². The Bertz CT molecular complexity index is 352. The monoisotopic (exact) mass is 257 g/mol. The number of carbonyl (C=O) groups is 3. The van der Waals surface area contributed by atoms with Crippen molar-refractivity contribution in [3.8, 4) is 0 Å². The molecule has 0 aromatic heterocycles. The molecule has 0 bridgehead atoms. The lowest BCUT2D eigenvalue weighted by molar-refractivity contribution is -0.132. The van der Waals surface area contributed by atoms with Crippen molar-refractivity contribution in [2.75, 3.05) is 6.61 Å². The van der Waals surface area contributed by atoms with Crippen LogP contribution >= 0.6 is 0 Å². The molecule has 1 heterocycles. The minimum absolute atomic E-state index is 0.0824. The second kappa shape index (κ2) is 5.95. The standard InChI is InChI=1S/C12H19NO5/c1-7(2)10-6-18-12(17)13(10)11(16)5-9(15)4-8(3)14/h7,9-10,15H,4-6H2,1-3H3/t9-,10+/m0/s1. The zero-order valence-corrected chi connectivity index (χ0v) is 10.9. The van der Waals surface area contributed by atoms with Crippen LogP contribution in [0.5, 0.6) is 0 Å². The van der Waals surface area contributed by atoms with Crippen molar-refractivity contribution in [1.29, 1.82) is 0 Å². The molecule has 1 rings (SSSR count). The van der Waals surface area contributed by atoms with E-state index in [1.807, 2.05) is 13.8 Å². The van der Waals surface area contributed by atoms with Crippen molar-refractivity contribution in [2.45, 2.75) is 45.8 Å². The topological polar surface area (TPSA) is 83.9 Å². The number of imide groups is 1. The van der Waals surface area contributed by atoms with Crippen molar-refractivity contribution >= 4 is 17.8 Å². The van der Waals surface area contributed by atoms with Gasteiger partial charge in [0.15, 0.2) is 0 Å². The number of ether oxygens (including phenoxy) is 1. The van der Waals surface area contributed by atoms with E-state index in [0.29, 0.717) is 0 Å². The van der Waals surface area contributed by atoms with Gasteiger partial charge in [-0.1, -0.05) is 13.8 Å². The highest BCUT2D eigenvalue weighted by Crippen LogP contribution is 2.21. The summed E-state index contributed by atoms with van der Waals surface area (Å²) in [5, 5.41) is 9.54. The molecule has 1 saturated heterocycles. The van der Waals surface area contributed by atoms with Crippen LogP contribution in [-0.4, -0.2) is 46.5 Å². The van der Waals surface area contributed by atoms with Crippen LogP contribution < -0.4 is 0 Å². The van der Waals surface area contributed by atoms with Gasteiger partial charge in [0.25, 0.3) is 0 Å². The van der Waals surface area contributed by atoms with Gasteiger partial charge in [-0.2, -0.15) is 0 Å². The molecule has 1 aliphatic heterocycles. The van der Waals surface area contributed by atoms with Crippen LogP contribution in [0.2, 0.25) is 0 Å². The molecule has 0 aromatic rings. The van der Waals surface area contributed by atoms with Crippen molar-refractivity contribution < 1.29 is 24.2 Å². The summed E-state index contributed by atoms with van der Waals surface area (Å²) < 4.78 is 4.84. The maximum atomic E-state index is 11.9. The number of rotatable bonds is 5. The number of aliphatic hydroxyl groups excluding tert-OH is 1. The summed E-state index contributed by atoms with van der Waals surface area (Å²) >= 11 is 0. The number of ketones is 1. The lowest BCUT2D eigenvalue weighted by atomic mass is 10.0. The Labute approximate surface area is 106 Å². The van der Waals surface area contributed by atoms with Crippen LogP contribution in [0.3, 0.4) is 0 Å². The molecule has 2 atom stereocenters. The van der Waals surface area contributed by atoms with Gasteiger partial charge in [-0.25, -0.2) is 9.69 Å². The van der Waals surface area contributed by atoms with Crippen LogP contribution in [0.15, 0.2) is 0 Å². The summed E-state index contributed by atoms with van der Waals surface area (Å²) in [5.41, 5.74) is 0. The van der Waals surface area contributed by atoms with Crippen LogP contribution in [0, 0.1) is 5.92 Å². The molecule has 18 heavy (non-hydrogen) atoms. The summed E-state index contributed by atoms with van der Waals surface area (Å²) in [4.78, 5) is 35.3. The maximum absolute atomic E-state index is 11.9. The first-order valence-electron chi connectivity index (χ1n) is 5.99. The highest BCUT2D eigenvalue weighted by atomic mass is 16.6. The average Bonchev–Trinajstić information content (AvgIpc) is 2.58. The number of nitrogens with zero attached hydrogens (tertiary/aromatic N) is 1. The van der Waals surface area contributed by atoms with Crippen molar-refractivity contribution in [2.24, 2.45) is 5.92 Å². The number of hydrogen-bond acceptors (Lipinski definition) is 5. The average molecular weight is 257 g/mol. The molecule has 1 fully saturated rings. The first kappa shape index (κ1) is 14.6. The molecule has 102 valence electrons. The predicted octanol–water partition coefficient (Wildman–Crippen LogP) is 0.720. The van der Waals surface area contributed by atoms with Crippen LogP contribution in [0.4, 0.5) is 4.79 Å². The lowest BCUT2D eigenvalue weighted by Crippen LogP contribution is -2.43. The van der Waals surface area contributed by atoms with Gasteiger partial charge in [-0.3, -0.25) is 9.59 Å². The van der Waals surface area contributed by atoms with Crippen LogP contribution in [0.1, 0.15) is 33.6 Å². The number of amides is 2. The molecular weight excluding hydrogens is 238 g/mol. The smallest absolute Gasteiger partial charge is 0.416 e. The third-order valence-electron chi connectivity index (χ3n) is 2.88. The maximum Gasteiger partial charge on any atom is 0.416 e. The second-order valence-corrected chi connectivity index (χ2v) is 4.92. The molecule has 0 saturated carbocycles. The molecule has 6 nitrogen and oxygen atoms in total. The van der Waals surface area contributed by atoms with E-state index < -0.39 is 18.1 Å². The molecular formula is C12H19NO5. The van der Waals surface area contributed by atoms with Crippen molar-refractivity contribution in [3.05, 3.63) is 0 Å². The zero-order valence-electron chi connectivity index (χ0n) is 10.9. The quantitative estimate of drug-likeness (QED) is 0.784. The molecule has 1 aliphatic rings. The Morgan fingerprint density at radius 1 is 1.44 bits per heavy atom. The predicted molar refractivity (Wildman–Crippen MR) is 62.7 cm³/mol. The Kier molecular flexibility index (Phi) is 4.84. The number of cyclic esters (lactones) is 1. The summed E-state index contributed by atoms with van der Waals surface area (Å²) in [6.07, 6.45) is -2.04. The van der Waals surface area contributed by atoms with Gasteiger partial charge in [-0.05, 0) is 12.8 Å². The summed E-state index contributed by atoms with van der Waals surface area (Å²) in [7, 11) is 0. The summed E-state index contributed by atoms with van der Waals surface area (Å²) in [6.45, 7) is 5.30. The molecule has 0 aromatic carbocycles. The third kappa shape index (κ3) is 3.53. The molecule has 0 radical (unpaired) electrons. The highest BCUT2D eigenvalue weighted by molar-refractivity contribution is 5.94. The number of Topliss-reactive ketones (excluding diaryl/α,β-unsaturated/α-hetero) is 1. The summed E-state index contributed by atoms with van der Waals surface area (Å²) in [6, 6.07) is -0.297. The van der Waals surface area contributed by atoms with Gasteiger partial charge in [0.05, 0.1) is 18.6 Å². The molecule has 6 heteroatoms. The molecule has 1 N–H and O–H groups in total. The van der Waals surface area contributed by atoms with E-state index in [1.165, 1.54) is 6.92 Å². The van der Waals surface area contributed by atoms with Gasteiger partial charge >= 0.3 is 6.09 Å². The second-order valence-electron chi connectivity index (χ2n) is 4.92. The third-order valence-corrected chi connectivity index (χ3v) is 2.88. The van der Waals surface area contributed by atoms with Crippen molar-refractivity contribution in [3.63, 3.8) is 0 Å². The molecule has 2 amide bonds. The Morgan fingerprint density at radius 3 is 2.56 bits per heavy atom. The van der Waals surface area contributed by atoms with Crippen LogP contribution in [0.25, 0.3) is 0 Å². The van der Waals surface area contributed by atoms with E-state index in [2.05, 4.69) is 0 Å². The summed E-state index contributed by atoms with van der Waals surface area (Å²) in [5.74, 6) is -0.602. The molecule has 0 unspecified atom stereocenters. The Balaban J connectivity index is 2.64.